The molecule has 4 heterocycles. The molecule has 1 aliphatic heterocycles. The van der Waals surface area contributed by atoms with Crippen LogP contribution in [-0.2, 0) is 7.05 Å². The average Bonchev–Trinajstić information content (AvgIpc) is 3.68. The highest BCUT2D eigenvalue weighted by molar-refractivity contribution is 6.28. The second-order valence-electron chi connectivity index (χ2n) is 10.8. The largest absolute Gasteiger partial charge is 0.363 e. The number of nitrogens with one attached hydrogen (secondary N) is 1. The maximum atomic E-state index is 5.13. The van der Waals surface area contributed by atoms with Crippen molar-refractivity contribution in [2.24, 2.45) is 12.0 Å². The summed E-state index contributed by atoms with van der Waals surface area (Å²) in [4.78, 5) is 10.1. The Kier molecular flexibility index (Phi) is 4.78. The molecule has 0 radical (unpaired) electrons. The minimum absolute atomic E-state index is 0.656. The molecule has 9 rings (SSSR count). The molecule has 0 atom stereocenters. The quantitative estimate of drug-likeness (QED) is 0.245. The summed E-state index contributed by atoms with van der Waals surface area (Å²) in [6.45, 7) is 0.656. The first-order chi connectivity index (χ1) is 20.8. The van der Waals surface area contributed by atoms with Gasteiger partial charge >= 0.3 is 0 Å². The molecule has 6 nitrogen and oxygen atoms in total. The van der Waals surface area contributed by atoms with Crippen LogP contribution in [0.1, 0.15) is 5.56 Å². The lowest BCUT2D eigenvalue weighted by Gasteiger charge is -2.15. The van der Waals surface area contributed by atoms with Crippen molar-refractivity contribution in [2.45, 2.75) is 0 Å². The van der Waals surface area contributed by atoms with Crippen molar-refractivity contribution in [1.29, 1.82) is 0 Å². The summed E-state index contributed by atoms with van der Waals surface area (Å²) < 4.78 is 6.79. The fourth-order valence-electron chi connectivity index (χ4n) is 6.67. The van der Waals surface area contributed by atoms with E-state index < -0.39 is 0 Å². The molecule has 0 unspecified atom stereocenters. The third-order valence-corrected chi connectivity index (χ3v) is 8.51. The van der Waals surface area contributed by atoms with Gasteiger partial charge in [0.05, 0.1) is 34.3 Å². The van der Waals surface area contributed by atoms with Crippen molar-refractivity contribution >= 4 is 61.0 Å². The maximum Gasteiger partial charge on any atom is 0.218 e. The van der Waals surface area contributed by atoms with E-state index in [0.717, 1.165) is 39.8 Å². The normalized spacial score (nSPS) is 13.1. The summed E-state index contributed by atoms with van der Waals surface area (Å²) in [5, 5.41) is 8.52. The van der Waals surface area contributed by atoms with Gasteiger partial charge in [0.1, 0.15) is 0 Å². The number of nitrogens with zero attached hydrogens (tertiary/aromatic N) is 5. The van der Waals surface area contributed by atoms with Crippen LogP contribution in [0, 0.1) is 0 Å². The predicted octanol–water partition coefficient (Wildman–Crippen LogP) is 8.16. The van der Waals surface area contributed by atoms with Crippen molar-refractivity contribution in [3.8, 4) is 11.6 Å². The van der Waals surface area contributed by atoms with Crippen molar-refractivity contribution < 1.29 is 0 Å². The first-order valence-electron chi connectivity index (χ1n) is 14.2. The van der Waals surface area contributed by atoms with Crippen molar-refractivity contribution in [3.63, 3.8) is 0 Å². The number of para-hydroxylation sites is 3. The Morgan fingerprint density at radius 1 is 0.595 bits per heavy atom. The molecular formula is C36H26N6. The highest BCUT2D eigenvalue weighted by Crippen LogP contribution is 2.43. The summed E-state index contributed by atoms with van der Waals surface area (Å²) >= 11 is 0. The molecule has 0 bridgehead atoms. The Bertz CT molecular complexity index is 2350. The molecule has 200 valence electrons. The zero-order valence-corrected chi connectivity index (χ0v) is 23.0. The Labute approximate surface area is 241 Å². The molecule has 1 aliphatic rings. The van der Waals surface area contributed by atoms with Crippen molar-refractivity contribution in [3.05, 3.63) is 127 Å². The van der Waals surface area contributed by atoms with Crippen LogP contribution < -0.4 is 5.32 Å². The third kappa shape index (κ3) is 3.14. The topological polar surface area (TPSA) is 52.1 Å². The molecule has 42 heavy (non-hydrogen) atoms. The second kappa shape index (κ2) is 8.69. The van der Waals surface area contributed by atoms with E-state index in [9.17, 15) is 0 Å². The van der Waals surface area contributed by atoms with Crippen LogP contribution in [0.4, 0.5) is 11.6 Å². The van der Waals surface area contributed by atoms with E-state index in [1.54, 1.807) is 0 Å². The first kappa shape index (κ1) is 23.1. The summed E-state index contributed by atoms with van der Waals surface area (Å²) in [5.74, 6) is 2.48. The van der Waals surface area contributed by atoms with Gasteiger partial charge in [-0.2, -0.15) is 4.98 Å². The first-order valence-corrected chi connectivity index (χ1v) is 14.2. The van der Waals surface area contributed by atoms with Gasteiger partial charge < -0.3 is 9.88 Å². The van der Waals surface area contributed by atoms with Crippen molar-refractivity contribution in [2.75, 3.05) is 11.9 Å². The molecule has 0 saturated carbocycles. The third-order valence-electron chi connectivity index (χ3n) is 8.51. The molecule has 3 aromatic heterocycles. The van der Waals surface area contributed by atoms with Gasteiger partial charge in [0, 0.05) is 34.3 Å². The number of fused-ring (bicyclic) bond motifs is 8. The van der Waals surface area contributed by atoms with Gasteiger partial charge in [0.15, 0.2) is 11.6 Å². The van der Waals surface area contributed by atoms with Crippen LogP contribution in [0.3, 0.4) is 0 Å². The fourth-order valence-corrected chi connectivity index (χ4v) is 6.67. The zero-order valence-electron chi connectivity index (χ0n) is 23.0. The minimum Gasteiger partial charge on any atom is -0.363 e. The lowest BCUT2D eigenvalue weighted by atomic mass is 10.1. The van der Waals surface area contributed by atoms with Gasteiger partial charge in [-0.15, -0.1) is 0 Å². The Morgan fingerprint density at radius 2 is 1.17 bits per heavy atom. The Hall–Kier alpha value is -5.62. The lowest BCUT2D eigenvalue weighted by molar-refractivity contribution is 0.849. The Morgan fingerprint density at radius 3 is 1.86 bits per heavy atom. The Balaban J connectivity index is 1.36. The summed E-state index contributed by atoms with van der Waals surface area (Å²) in [6.07, 6.45) is 0. The van der Waals surface area contributed by atoms with Gasteiger partial charge in [-0.25, -0.2) is 4.99 Å². The van der Waals surface area contributed by atoms with Gasteiger partial charge in [-0.3, -0.25) is 9.13 Å². The molecular weight excluding hydrogens is 516 g/mol. The van der Waals surface area contributed by atoms with Crippen LogP contribution in [0.25, 0.3) is 55.2 Å². The molecule has 0 fully saturated rings. The minimum atomic E-state index is 0.656. The van der Waals surface area contributed by atoms with Crippen LogP contribution in [0.2, 0.25) is 0 Å². The van der Waals surface area contributed by atoms with Gasteiger partial charge in [-0.1, -0.05) is 84.9 Å². The SMILES string of the molecule is Cn1c(-n2c3ccccc3c3c4c5ccccc5n(-c5ccccc5)c4ccc32)nc2c1NCC(c1ccccc1)=N2. The van der Waals surface area contributed by atoms with E-state index in [1.807, 2.05) is 18.2 Å². The number of hydrogen-bond acceptors (Lipinski definition) is 3. The second-order valence-corrected chi connectivity index (χ2v) is 10.8. The molecule has 8 aromatic rings. The number of anilines is 1. The van der Waals surface area contributed by atoms with E-state index in [0.29, 0.717) is 12.4 Å². The number of aliphatic imine (C=N–C) groups is 1. The smallest absolute Gasteiger partial charge is 0.218 e. The highest BCUT2D eigenvalue weighted by Gasteiger charge is 2.25. The van der Waals surface area contributed by atoms with E-state index in [2.05, 4.69) is 129 Å². The monoisotopic (exact) mass is 542 g/mol. The molecule has 5 aromatic carbocycles. The maximum absolute atomic E-state index is 5.13. The van der Waals surface area contributed by atoms with E-state index in [4.69, 9.17) is 9.98 Å². The zero-order chi connectivity index (χ0) is 27.8. The fraction of sp³-hybridized carbons (Fsp3) is 0.0556. The van der Waals surface area contributed by atoms with E-state index >= 15 is 0 Å². The molecule has 1 N–H and O–H groups in total. The molecule has 0 aliphatic carbocycles. The van der Waals surface area contributed by atoms with Crippen LogP contribution in [0.5, 0.6) is 0 Å². The number of hydrogen-bond donors (Lipinski definition) is 1. The number of aromatic nitrogens is 4. The van der Waals surface area contributed by atoms with E-state index in [-0.39, 0.29) is 0 Å². The molecule has 0 saturated heterocycles. The van der Waals surface area contributed by atoms with E-state index in [1.165, 1.54) is 32.6 Å². The standard InChI is InChI=1S/C36H26N6/c1-40-35-34(38-27(22-37-35)23-12-4-2-5-13-23)39-36(40)42-29-19-11-9-17-26(29)33-31(42)21-20-30-32(33)25-16-8-10-18-28(25)41(30)24-14-6-3-7-15-24/h2-21,37H,22H2,1H3. The van der Waals surface area contributed by atoms with Gasteiger partial charge in [0.2, 0.25) is 5.95 Å². The lowest BCUT2D eigenvalue weighted by Crippen LogP contribution is -2.20. The van der Waals surface area contributed by atoms with Gasteiger partial charge in [-0.05, 0) is 42.0 Å². The molecule has 0 spiro atoms. The summed E-state index contributed by atoms with van der Waals surface area (Å²) in [6, 6.07) is 42.8. The number of benzene rings is 5. The van der Waals surface area contributed by atoms with Crippen LogP contribution >= 0.6 is 0 Å². The summed E-state index contributed by atoms with van der Waals surface area (Å²) in [5.41, 5.74) is 7.88. The van der Waals surface area contributed by atoms with Crippen molar-refractivity contribution in [1.82, 2.24) is 18.7 Å². The van der Waals surface area contributed by atoms with Gasteiger partial charge in [0.25, 0.3) is 0 Å². The van der Waals surface area contributed by atoms with Crippen LogP contribution in [0.15, 0.2) is 126 Å². The van der Waals surface area contributed by atoms with Crippen LogP contribution in [-0.4, -0.2) is 30.9 Å². The number of imidazole rings is 1. The average molecular weight is 543 g/mol. The summed E-state index contributed by atoms with van der Waals surface area (Å²) in [7, 11) is 2.07. The predicted molar refractivity (Wildman–Crippen MR) is 173 cm³/mol. The number of rotatable bonds is 3. The molecule has 6 heteroatoms. The molecule has 0 amide bonds. The highest BCUT2D eigenvalue weighted by atomic mass is 15.3.